The third-order valence-corrected chi connectivity index (χ3v) is 3.11. The van der Waals surface area contributed by atoms with E-state index in [1.807, 2.05) is 42.0 Å². The number of benzene rings is 1. The highest BCUT2D eigenvalue weighted by Gasteiger charge is 2.07. The molecule has 0 spiro atoms. The van der Waals surface area contributed by atoms with Gasteiger partial charge < -0.3 is 4.57 Å². The maximum Gasteiger partial charge on any atom is 0.152 e. The zero-order valence-corrected chi connectivity index (χ0v) is 10.1. The van der Waals surface area contributed by atoms with Gasteiger partial charge in [-0.15, -0.1) is 0 Å². The van der Waals surface area contributed by atoms with Crippen LogP contribution in [0.1, 0.15) is 13.3 Å². The van der Waals surface area contributed by atoms with Gasteiger partial charge in [0.15, 0.2) is 5.78 Å². The molecule has 0 aliphatic rings. The number of para-hydroxylation sites is 1. The van der Waals surface area contributed by atoms with E-state index in [9.17, 15) is 4.79 Å². The predicted molar refractivity (Wildman–Crippen MR) is 64.9 cm³/mol. The number of carbonyl (C=O) groups is 1. The molecule has 78 valence electrons. The predicted octanol–water partition coefficient (Wildman–Crippen LogP) is 3.38. The standard InChI is InChI=1S/C12H12BrNO/c1-2-9(15)7-14-8-11(13)10-5-3-4-6-12(10)14/h3-6,8H,2,7H2,1H3. The minimum atomic E-state index is 0.253. The van der Waals surface area contributed by atoms with E-state index in [2.05, 4.69) is 15.9 Å². The molecule has 0 bridgehead atoms. The second kappa shape index (κ2) is 4.19. The highest BCUT2D eigenvalue weighted by molar-refractivity contribution is 9.10. The van der Waals surface area contributed by atoms with E-state index >= 15 is 0 Å². The molecule has 0 saturated carbocycles. The van der Waals surface area contributed by atoms with Gasteiger partial charge in [-0.2, -0.15) is 0 Å². The molecule has 0 radical (unpaired) electrons. The van der Waals surface area contributed by atoms with E-state index in [-0.39, 0.29) is 5.78 Å². The van der Waals surface area contributed by atoms with Crippen LogP contribution in [0.2, 0.25) is 0 Å². The quantitative estimate of drug-likeness (QED) is 0.834. The Bertz CT molecular complexity index is 501. The van der Waals surface area contributed by atoms with Gasteiger partial charge in [0.2, 0.25) is 0 Å². The normalized spacial score (nSPS) is 10.8. The number of nitrogens with zero attached hydrogens (tertiary/aromatic N) is 1. The molecule has 2 rings (SSSR count). The van der Waals surface area contributed by atoms with Gasteiger partial charge in [-0.3, -0.25) is 4.79 Å². The van der Waals surface area contributed by atoms with Crippen molar-refractivity contribution in [2.75, 3.05) is 0 Å². The van der Waals surface area contributed by atoms with Crippen molar-refractivity contribution in [2.45, 2.75) is 19.9 Å². The molecule has 15 heavy (non-hydrogen) atoms. The highest BCUT2D eigenvalue weighted by atomic mass is 79.9. The number of rotatable bonds is 3. The molecule has 2 nitrogen and oxygen atoms in total. The van der Waals surface area contributed by atoms with Crippen LogP contribution in [0, 0.1) is 0 Å². The lowest BCUT2D eigenvalue weighted by molar-refractivity contribution is -0.119. The van der Waals surface area contributed by atoms with Crippen LogP contribution in [-0.2, 0) is 11.3 Å². The van der Waals surface area contributed by atoms with E-state index in [0.29, 0.717) is 13.0 Å². The molecule has 0 fully saturated rings. The summed E-state index contributed by atoms with van der Waals surface area (Å²) in [6.45, 7) is 2.35. The van der Waals surface area contributed by atoms with Crippen LogP contribution in [0.5, 0.6) is 0 Å². The number of ketones is 1. The largest absolute Gasteiger partial charge is 0.339 e. The lowest BCUT2D eigenvalue weighted by Crippen LogP contribution is -2.07. The average Bonchev–Trinajstić information content (AvgIpc) is 2.57. The molecular weight excluding hydrogens is 254 g/mol. The van der Waals surface area contributed by atoms with Gasteiger partial charge in [-0.05, 0) is 22.0 Å². The average molecular weight is 266 g/mol. The van der Waals surface area contributed by atoms with Gasteiger partial charge in [-0.1, -0.05) is 25.1 Å². The van der Waals surface area contributed by atoms with Crippen LogP contribution in [0.25, 0.3) is 10.9 Å². The summed E-state index contributed by atoms with van der Waals surface area (Å²) in [7, 11) is 0. The summed E-state index contributed by atoms with van der Waals surface area (Å²) in [4.78, 5) is 11.4. The number of aromatic nitrogens is 1. The van der Waals surface area contributed by atoms with Crippen LogP contribution < -0.4 is 0 Å². The topological polar surface area (TPSA) is 22.0 Å². The van der Waals surface area contributed by atoms with Gasteiger partial charge in [0, 0.05) is 28.0 Å². The maximum atomic E-state index is 11.4. The Morgan fingerprint density at radius 3 is 2.87 bits per heavy atom. The van der Waals surface area contributed by atoms with E-state index in [4.69, 9.17) is 0 Å². The number of hydrogen-bond acceptors (Lipinski definition) is 1. The molecule has 0 atom stereocenters. The second-order valence-corrected chi connectivity index (χ2v) is 4.37. The van der Waals surface area contributed by atoms with E-state index in [1.54, 1.807) is 0 Å². The van der Waals surface area contributed by atoms with Crippen LogP contribution in [0.4, 0.5) is 0 Å². The van der Waals surface area contributed by atoms with Crippen molar-refractivity contribution in [1.82, 2.24) is 4.57 Å². The zero-order chi connectivity index (χ0) is 10.8. The molecule has 0 amide bonds. The summed E-state index contributed by atoms with van der Waals surface area (Å²) < 4.78 is 3.03. The molecule has 1 heterocycles. The fourth-order valence-corrected chi connectivity index (χ4v) is 2.22. The molecule has 2 aromatic rings. The molecule has 1 aromatic heterocycles. The van der Waals surface area contributed by atoms with E-state index in [1.165, 1.54) is 0 Å². The molecule has 0 N–H and O–H groups in total. The molecule has 0 aliphatic heterocycles. The number of carbonyl (C=O) groups excluding carboxylic acids is 1. The molecular formula is C12H12BrNO. The fourth-order valence-electron chi connectivity index (χ4n) is 1.63. The van der Waals surface area contributed by atoms with Crippen molar-refractivity contribution in [3.05, 3.63) is 34.9 Å². The van der Waals surface area contributed by atoms with Crippen molar-refractivity contribution in [3.63, 3.8) is 0 Å². The maximum absolute atomic E-state index is 11.4. The molecule has 3 heteroatoms. The minimum Gasteiger partial charge on any atom is -0.339 e. The van der Waals surface area contributed by atoms with Crippen molar-refractivity contribution in [1.29, 1.82) is 0 Å². The Hall–Kier alpha value is -1.09. The van der Waals surface area contributed by atoms with Gasteiger partial charge in [0.05, 0.1) is 6.54 Å². The molecule has 0 aliphatic carbocycles. The van der Waals surface area contributed by atoms with Crippen molar-refractivity contribution >= 4 is 32.6 Å². The van der Waals surface area contributed by atoms with Gasteiger partial charge in [0.1, 0.15) is 0 Å². The third kappa shape index (κ3) is 1.97. The summed E-state index contributed by atoms with van der Waals surface area (Å²) >= 11 is 3.50. The lowest BCUT2D eigenvalue weighted by atomic mass is 10.2. The molecule has 0 unspecified atom stereocenters. The van der Waals surface area contributed by atoms with Crippen molar-refractivity contribution in [2.24, 2.45) is 0 Å². The Morgan fingerprint density at radius 2 is 2.13 bits per heavy atom. The summed E-state index contributed by atoms with van der Waals surface area (Å²) in [5, 5.41) is 1.15. The lowest BCUT2D eigenvalue weighted by Gasteiger charge is -2.02. The highest BCUT2D eigenvalue weighted by Crippen LogP contribution is 2.25. The molecule has 0 saturated heterocycles. The summed E-state index contributed by atoms with van der Waals surface area (Å²) in [6, 6.07) is 8.07. The Morgan fingerprint density at radius 1 is 1.40 bits per heavy atom. The zero-order valence-electron chi connectivity index (χ0n) is 8.53. The Kier molecular flexibility index (Phi) is 2.91. The minimum absolute atomic E-state index is 0.253. The third-order valence-electron chi connectivity index (χ3n) is 2.48. The first kappa shape index (κ1) is 10.4. The first-order chi connectivity index (χ1) is 7.22. The van der Waals surface area contributed by atoms with Crippen molar-refractivity contribution < 1.29 is 4.79 Å². The summed E-state index contributed by atoms with van der Waals surface area (Å²) in [5.74, 6) is 0.253. The van der Waals surface area contributed by atoms with Gasteiger partial charge in [-0.25, -0.2) is 0 Å². The van der Waals surface area contributed by atoms with Crippen LogP contribution in [-0.4, -0.2) is 10.4 Å². The van der Waals surface area contributed by atoms with E-state index in [0.717, 1.165) is 15.4 Å². The first-order valence-corrected chi connectivity index (χ1v) is 5.76. The number of hydrogen-bond donors (Lipinski definition) is 0. The van der Waals surface area contributed by atoms with Crippen LogP contribution in [0.3, 0.4) is 0 Å². The SMILES string of the molecule is CCC(=O)Cn1cc(Br)c2ccccc21. The van der Waals surface area contributed by atoms with Crippen molar-refractivity contribution in [3.8, 4) is 0 Å². The fraction of sp³-hybridized carbons (Fsp3) is 0.250. The number of halogens is 1. The van der Waals surface area contributed by atoms with Crippen LogP contribution >= 0.6 is 15.9 Å². The second-order valence-electron chi connectivity index (χ2n) is 3.51. The summed E-state index contributed by atoms with van der Waals surface area (Å²) in [5.41, 5.74) is 1.10. The number of Topliss-reactive ketones (excluding diaryl/α,β-unsaturated/α-hetero) is 1. The Balaban J connectivity index is 2.48. The Labute approximate surface area is 97.0 Å². The monoisotopic (exact) mass is 265 g/mol. The smallest absolute Gasteiger partial charge is 0.152 e. The van der Waals surface area contributed by atoms with E-state index < -0.39 is 0 Å². The first-order valence-electron chi connectivity index (χ1n) is 4.97. The van der Waals surface area contributed by atoms with Gasteiger partial charge in [0.25, 0.3) is 0 Å². The summed E-state index contributed by atoms with van der Waals surface area (Å²) in [6.07, 6.45) is 2.56. The molecule has 1 aromatic carbocycles. The van der Waals surface area contributed by atoms with Crippen LogP contribution in [0.15, 0.2) is 34.9 Å². The van der Waals surface area contributed by atoms with Gasteiger partial charge >= 0.3 is 0 Å². The number of fused-ring (bicyclic) bond motifs is 1.